The molecular weight excluding hydrogens is 322 g/mol. The highest BCUT2D eigenvalue weighted by molar-refractivity contribution is 7.09. The zero-order valence-corrected chi connectivity index (χ0v) is 13.7. The smallest absolute Gasteiger partial charge is 0.322 e. The summed E-state index contributed by atoms with van der Waals surface area (Å²) in [5.74, 6) is 0. The van der Waals surface area contributed by atoms with E-state index in [2.05, 4.69) is 10.3 Å². The Bertz CT molecular complexity index is 659. The van der Waals surface area contributed by atoms with E-state index in [4.69, 9.17) is 16.3 Å². The summed E-state index contributed by atoms with van der Waals surface area (Å²) in [5, 5.41) is 6.43. The molecule has 1 N–H and O–H groups in total. The number of halogens is 1. The highest BCUT2D eigenvalue weighted by Gasteiger charge is 2.30. The summed E-state index contributed by atoms with van der Waals surface area (Å²) in [6.07, 6.45) is 0. The quantitative estimate of drug-likeness (QED) is 0.908. The first-order valence-corrected chi connectivity index (χ1v) is 8.22. The number of anilines is 1. The number of nitrogens with one attached hydrogen (secondary N) is 1. The van der Waals surface area contributed by atoms with Crippen molar-refractivity contribution in [3.63, 3.8) is 0 Å². The number of aromatic nitrogens is 1. The van der Waals surface area contributed by atoms with E-state index in [1.54, 1.807) is 40.5 Å². The number of carbonyl (C=O) groups excluding carboxylic acids is 1. The fourth-order valence-corrected chi connectivity index (χ4v) is 3.32. The number of benzene rings is 1. The van der Waals surface area contributed by atoms with Crippen LogP contribution in [0.3, 0.4) is 0 Å². The fraction of sp³-hybridized carbons (Fsp3) is 0.333. The maximum absolute atomic E-state index is 12.5. The van der Waals surface area contributed by atoms with E-state index in [0.717, 1.165) is 16.4 Å². The molecule has 7 heteroatoms. The Hall–Kier alpha value is -1.63. The van der Waals surface area contributed by atoms with Crippen LogP contribution >= 0.6 is 22.9 Å². The Balaban J connectivity index is 1.75. The number of hydrogen-bond donors (Lipinski definition) is 1. The molecular formula is C15H16ClN3O2S. The number of aryl methyl sites for hydroxylation is 1. The van der Waals surface area contributed by atoms with Crippen LogP contribution in [0.25, 0.3) is 0 Å². The molecule has 1 aliphatic heterocycles. The molecule has 116 valence electrons. The zero-order chi connectivity index (χ0) is 15.5. The molecule has 0 saturated carbocycles. The molecule has 1 aromatic carbocycles. The van der Waals surface area contributed by atoms with Crippen molar-refractivity contribution in [3.8, 4) is 0 Å². The minimum Gasteiger partial charge on any atom is -0.377 e. The van der Waals surface area contributed by atoms with Crippen LogP contribution in [0.5, 0.6) is 0 Å². The third-order valence-electron chi connectivity index (χ3n) is 3.41. The third-order valence-corrected chi connectivity index (χ3v) is 4.72. The van der Waals surface area contributed by atoms with Gasteiger partial charge in [0.25, 0.3) is 0 Å². The Morgan fingerprint density at radius 1 is 1.45 bits per heavy atom. The molecule has 0 spiro atoms. The van der Waals surface area contributed by atoms with E-state index in [1.165, 1.54) is 0 Å². The van der Waals surface area contributed by atoms with E-state index in [0.29, 0.717) is 24.8 Å². The number of ether oxygens (including phenoxy) is 1. The summed E-state index contributed by atoms with van der Waals surface area (Å²) < 4.78 is 5.52. The summed E-state index contributed by atoms with van der Waals surface area (Å²) in [6.45, 7) is 3.50. The standard InChI is InChI=1S/C15H16ClN3O2S/c1-10-9-22-14(17-10)13-8-21-7-6-19(13)15(20)18-12-4-2-11(16)3-5-12/h2-5,9,13H,6-8H2,1H3,(H,18,20)/t13-/m1/s1. The normalized spacial score (nSPS) is 18.3. The highest BCUT2D eigenvalue weighted by atomic mass is 35.5. The van der Waals surface area contributed by atoms with Crippen LogP contribution in [0.15, 0.2) is 29.6 Å². The summed E-state index contributed by atoms with van der Waals surface area (Å²) in [7, 11) is 0. The van der Waals surface area contributed by atoms with Gasteiger partial charge in [0.05, 0.1) is 13.2 Å². The van der Waals surface area contributed by atoms with Crippen LogP contribution in [0, 0.1) is 6.92 Å². The average molecular weight is 338 g/mol. The monoisotopic (exact) mass is 337 g/mol. The van der Waals surface area contributed by atoms with Gasteiger partial charge in [-0.25, -0.2) is 9.78 Å². The van der Waals surface area contributed by atoms with Crippen LogP contribution in [0.4, 0.5) is 10.5 Å². The highest BCUT2D eigenvalue weighted by Crippen LogP contribution is 2.27. The maximum Gasteiger partial charge on any atom is 0.322 e. The van der Waals surface area contributed by atoms with Gasteiger partial charge in [-0.15, -0.1) is 11.3 Å². The first kappa shape index (κ1) is 15.3. The van der Waals surface area contributed by atoms with Gasteiger partial charge >= 0.3 is 6.03 Å². The number of nitrogens with zero attached hydrogens (tertiary/aromatic N) is 2. The second kappa shape index (κ2) is 6.64. The lowest BCUT2D eigenvalue weighted by Crippen LogP contribution is -2.45. The molecule has 22 heavy (non-hydrogen) atoms. The Labute approximate surface area is 137 Å². The van der Waals surface area contributed by atoms with Crippen molar-refractivity contribution < 1.29 is 9.53 Å². The number of carbonyl (C=O) groups is 1. The molecule has 1 saturated heterocycles. The largest absolute Gasteiger partial charge is 0.377 e. The molecule has 1 atom stereocenters. The second-order valence-corrected chi connectivity index (χ2v) is 6.37. The molecule has 5 nitrogen and oxygen atoms in total. The zero-order valence-electron chi connectivity index (χ0n) is 12.1. The van der Waals surface area contributed by atoms with Crippen molar-refractivity contribution in [2.75, 3.05) is 25.1 Å². The molecule has 0 radical (unpaired) electrons. The van der Waals surface area contributed by atoms with Gasteiger partial charge < -0.3 is 15.0 Å². The van der Waals surface area contributed by atoms with Gasteiger partial charge in [-0.05, 0) is 31.2 Å². The number of hydrogen-bond acceptors (Lipinski definition) is 4. The molecule has 0 unspecified atom stereocenters. The predicted molar refractivity (Wildman–Crippen MR) is 87.6 cm³/mol. The minimum absolute atomic E-state index is 0.139. The minimum atomic E-state index is -0.150. The molecule has 3 rings (SSSR count). The van der Waals surface area contributed by atoms with E-state index in [1.807, 2.05) is 12.3 Å². The third kappa shape index (κ3) is 3.40. The summed E-state index contributed by atoms with van der Waals surface area (Å²) >= 11 is 7.41. The van der Waals surface area contributed by atoms with Gasteiger partial charge in [0.15, 0.2) is 0 Å². The molecule has 1 aliphatic rings. The van der Waals surface area contributed by atoms with E-state index < -0.39 is 0 Å². The first-order valence-electron chi connectivity index (χ1n) is 6.96. The summed E-state index contributed by atoms with van der Waals surface area (Å²) in [6, 6.07) is 6.77. The Kier molecular flexibility index (Phi) is 4.61. The summed E-state index contributed by atoms with van der Waals surface area (Å²) in [4.78, 5) is 18.8. The number of morpholine rings is 1. The lowest BCUT2D eigenvalue weighted by Gasteiger charge is -2.34. The van der Waals surface area contributed by atoms with Crippen molar-refractivity contribution >= 4 is 34.7 Å². The molecule has 1 aromatic heterocycles. The Morgan fingerprint density at radius 3 is 2.91 bits per heavy atom. The molecule has 2 amide bonds. The lowest BCUT2D eigenvalue weighted by atomic mass is 10.2. The van der Waals surface area contributed by atoms with E-state index in [-0.39, 0.29) is 12.1 Å². The van der Waals surface area contributed by atoms with E-state index >= 15 is 0 Å². The van der Waals surface area contributed by atoms with Crippen molar-refractivity contribution in [1.29, 1.82) is 0 Å². The van der Waals surface area contributed by atoms with Gasteiger partial charge in [0, 0.05) is 28.3 Å². The van der Waals surface area contributed by atoms with Crippen molar-refractivity contribution in [2.24, 2.45) is 0 Å². The summed E-state index contributed by atoms with van der Waals surface area (Å²) in [5.41, 5.74) is 1.68. The Morgan fingerprint density at radius 2 is 2.23 bits per heavy atom. The fourth-order valence-electron chi connectivity index (χ4n) is 2.31. The lowest BCUT2D eigenvalue weighted by molar-refractivity contribution is 0.0147. The topological polar surface area (TPSA) is 54.5 Å². The average Bonchev–Trinajstić information content (AvgIpc) is 2.96. The molecule has 0 bridgehead atoms. The SMILES string of the molecule is Cc1csc([C@H]2COCCN2C(=O)Nc2ccc(Cl)cc2)n1. The number of urea groups is 1. The van der Waals surface area contributed by atoms with Crippen LogP contribution in [0.2, 0.25) is 5.02 Å². The molecule has 2 aromatic rings. The van der Waals surface area contributed by atoms with Gasteiger partial charge in [-0.1, -0.05) is 11.6 Å². The predicted octanol–water partition coefficient (Wildman–Crippen LogP) is 3.71. The van der Waals surface area contributed by atoms with Crippen LogP contribution in [-0.2, 0) is 4.74 Å². The van der Waals surface area contributed by atoms with Gasteiger partial charge in [0.1, 0.15) is 11.0 Å². The maximum atomic E-state index is 12.5. The number of rotatable bonds is 2. The van der Waals surface area contributed by atoms with Crippen molar-refractivity contribution in [3.05, 3.63) is 45.4 Å². The van der Waals surface area contributed by atoms with Gasteiger partial charge in [-0.3, -0.25) is 0 Å². The van der Waals surface area contributed by atoms with E-state index in [9.17, 15) is 4.79 Å². The number of thiazole rings is 1. The molecule has 0 aliphatic carbocycles. The number of amides is 2. The van der Waals surface area contributed by atoms with Crippen molar-refractivity contribution in [2.45, 2.75) is 13.0 Å². The first-order chi connectivity index (χ1) is 10.6. The van der Waals surface area contributed by atoms with Crippen LogP contribution in [0.1, 0.15) is 16.7 Å². The van der Waals surface area contributed by atoms with Crippen LogP contribution < -0.4 is 5.32 Å². The van der Waals surface area contributed by atoms with Crippen molar-refractivity contribution in [1.82, 2.24) is 9.88 Å². The van der Waals surface area contributed by atoms with Gasteiger partial charge in [0.2, 0.25) is 0 Å². The molecule has 1 fully saturated rings. The van der Waals surface area contributed by atoms with Gasteiger partial charge in [-0.2, -0.15) is 0 Å². The molecule has 2 heterocycles. The van der Waals surface area contributed by atoms with Crippen LogP contribution in [-0.4, -0.2) is 35.7 Å². The second-order valence-electron chi connectivity index (χ2n) is 5.05.